The highest BCUT2D eigenvalue weighted by Crippen LogP contribution is 2.36. The average molecular weight is 367 g/mol. The van der Waals surface area contributed by atoms with Gasteiger partial charge in [0.15, 0.2) is 0 Å². The van der Waals surface area contributed by atoms with Crippen molar-refractivity contribution in [3.63, 3.8) is 0 Å². The van der Waals surface area contributed by atoms with Gasteiger partial charge in [0.25, 0.3) is 5.91 Å². The number of aliphatic hydroxyl groups excluding tert-OH is 1. The molecule has 6 heteroatoms. The number of piperidine rings is 1. The summed E-state index contributed by atoms with van der Waals surface area (Å²) in [7, 11) is 0. The summed E-state index contributed by atoms with van der Waals surface area (Å²) >= 11 is 1.55. The second-order valence-electron chi connectivity index (χ2n) is 6.78. The summed E-state index contributed by atoms with van der Waals surface area (Å²) in [6.07, 6.45) is 5.14. The van der Waals surface area contributed by atoms with Crippen molar-refractivity contribution < 1.29 is 9.90 Å². The van der Waals surface area contributed by atoms with Crippen molar-refractivity contribution >= 4 is 17.2 Å². The lowest BCUT2D eigenvalue weighted by Gasteiger charge is -2.41. The van der Waals surface area contributed by atoms with Gasteiger partial charge in [0, 0.05) is 40.5 Å². The quantitative estimate of drug-likeness (QED) is 0.743. The van der Waals surface area contributed by atoms with Crippen LogP contribution in [0.2, 0.25) is 0 Å². The molecule has 0 spiro atoms. The minimum absolute atomic E-state index is 0.0654. The van der Waals surface area contributed by atoms with Gasteiger partial charge in [-0.2, -0.15) is 5.10 Å². The number of nitrogens with zero attached hydrogens (tertiary/aromatic N) is 2. The van der Waals surface area contributed by atoms with Crippen LogP contribution in [0.3, 0.4) is 0 Å². The topological polar surface area (TPSA) is 69.2 Å². The summed E-state index contributed by atoms with van der Waals surface area (Å²) in [4.78, 5) is 15.8. The Bertz CT molecular complexity index is 866. The fourth-order valence-electron chi connectivity index (χ4n) is 3.64. The Morgan fingerprint density at radius 2 is 2.04 bits per heavy atom. The van der Waals surface area contributed by atoms with E-state index >= 15 is 0 Å². The maximum atomic E-state index is 12.9. The molecule has 0 aliphatic carbocycles. The predicted molar refractivity (Wildman–Crippen MR) is 102 cm³/mol. The zero-order chi connectivity index (χ0) is 18.0. The standard InChI is InChI=1S/C20H21N3O2S/c24-14-20(17-4-2-1-3-5-17)6-8-23(9-7-20)19(25)15-10-18(26-13-15)16-11-21-22-12-16/h1-5,10-13,24H,6-9,14H2,(H,21,22). The monoisotopic (exact) mass is 367 g/mol. The lowest BCUT2D eigenvalue weighted by atomic mass is 9.73. The van der Waals surface area contributed by atoms with E-state index < -0.39 is 0 Å². The van der Waals surface area contributed by atoms with Crippen molar-refractivity contribution in [1.29, 1.82) is 0 Å². The van der Waals surface area contributed by atoms with Gasteiger partial charge in [0.1, 0.15) is 0 Å². The Balaban J connectivity index is 1.47. The third-order valence-corrected chi connectivity index (χ3v) is 6.31. The third kappa shape index (κ3) is 3.06. The predicted octanol–water partition coefficient (Wildman–Crippen LogP) is 3.30. The first-order valence-electron chi connectivity index (χ1n) is 8.75. The Morgan fingerprint density at radius 3 is 2.69 bits per heavy atom. The molecule has 0 unspecified atom stereocenters. The summed E-state index contributed by atoms with van der Waals surface area (Å²) in [5.41, 5.74) is 2.64. The number of hydrogen-bond donors (Lipinski definition) is 2. The number of carbonyl (C=O) groups excluding carboxylic acids is 1. The number of thiophene rings is 1. The highest BCUT2D eigenvalue weighted by atomic mass is 32.1. The van der Waals surface area contributed by atoms with E-state index in [1.165, 1.54) is 0 Å². The number of H-pyrrole nitrogens is 1. The third-order valence-electron chi connectivity index (χ3n) is 5.33. The smallest absolute Gasteiger partial charge is 0.254 e. The molecule has 1 saturated heterocycles. The van der Waals surface area contributed by atoms with E-state index in [9.17, 15) is 9.90 Å². The largest absolute Gasteiger partial charge is 0.395 e. The SMILES string of the molecule is O=C(c1csc(-c2cn[nH]c2)c1)N1CCC(CO)(c2ccccc2)CC1. The number of benzene rings is 1. The summed E-state index contributed by atoms with van der Waals surface area (Å²) in [5, 5.41) is 18.7. The highest BCUT2D eigenvalue weighted by Gasteiger charge is 2.37. The molecule has 1 aliphatic rings. The van der Waals surface area contributed by atoms with Crippen LogP contribution in [0, 0.1) is 0 Å². The lowest BCUT2D eigenvalue weighted by molar-refractivity contribution is 0.0594. The Kier molecular flexibility index (Phi) is 4.61. The van der Waals surface area contributed by atoms with Crippen molar-refractivity contribution in [3.05, 3.63) is 65.3 Å². The highest BCUT2D eigenvalue weighted by molar-refractivity contribution is 7.13. The molecule has 134 valence electrons. The average Bonchev–Trinajstić information content (AvgIpc) is 3.40. The van der Waals surface area contributed by atoms with Crippen molar-refractivity contribution in [2.75, 3.05) is 19.7 Å². The van der Waals surface area contributed by atoms with E-state index in [0.29, 0.717) is 13.1 Å². The zero-order valence-corrected chi connectivity index (χ0v) is 15.2. The van der Waals surface area contributed by atoms with E-state index in [4.69, 9.17) is 0 Å². The molecule has 2 aromatic heterocycles. The maximum Gasteiger partial charge on any atom is 0.254 e. The molecule has 2 N–H and O–H groups in total. The summed E-state index contributed by atoms with van der Waals surface area (Å²) in [6.45, 7) is 1.43. The van der Waals surface area contributed by atoms with E-state index in [1.54, 1.807) is 17.5 Å². The number of nitrogens with one attached hydrogen (secondary N) is 1. The molecule has 0 saturated carbocycles. The molecule has 4 rings (SSSR count). The fourth-order valence-corrected chi connectivity index (χ4v) is 4.50. The van der Waals surface area contributed by atoms with E-state index in [-0.39, 0.29) is 17.9 Å². The molecule has 1 aromatic carbocycles. The van der Waals surface area contributed by atoms with Gasteiger partial charge in [-0.3, -0.25) is 9.89 Å². The van der Waals surface area contributed by atoms with Gasteiger partial charge in [-0.1, -0.05) is 30.3 Å². The number of amides is 1. The summed E-state index contributed by atoms with van der Waals surface area (Å²) in [6, 6.07) is 12.1. The van der Waals surface area contributed by atoms with Crippen molar-refractivity contribution in [1.82, 2.24) is 15.1 Å². The molecule has 3 heterocycles. The first-order valence-corrected chi connectivity index (χ1v) is 9.63. The second kappa shape index (κ2) is 7.05. The molecule has 1 aliphatic heterocycles. The van der Waals surface area contributed by atoms with Gasteiger partial charge in [-0.05, 0) is 24.5 Å². The van der Waals surface area contributed by atoms with Crippen molar-refractivity contribution in [3.8, 4) is 10.4 Å². The molecule has 0 radical (unpaired) electrons. The van der Waals surface area contributed by atoms with Gasteiger partial charge >= 0.3 is 0 Å². The first kappa shape index (κ1) is 17.0. The summed E-state index contributed by atoms with van der Waals surface area (Å²) < 4.78 is 0. The maximum absolute atomic E-state index is 12.9. The molecule has 0 atom stereocenters. The number of aliphatic hydroxyl groups is 1. The summed E-state index contributed by atoms with van der Waals surface area (Å²) in [5.74, 6) is 0.0654. The van der Waals surface area contributed by atoms with Crippen LogP contribution >= 0.6 is 11.3 Å². The molecular weight excluding hydrogens is 346 g/mol. The van der Waals surface area contributed by atoms with Crippen LogP contribution in [0.4, 0.5) is 0 Å². The van der Waals surface area contributed by atoms with Gasteiger partial charge in [-0.15, -0.1) is 11.3 Å². The first-order chi connectivity index (χ1) is 12.7. The molecule has 26 heavy (non-hydrogen) atoms. The molecular formula is C20H21N3O2S. The van der Waals surface area contributed by atoms with E-state index in [2.05, 4.69) is 22.3 Å². The molecule has 3 aromatic rings. The number of rotatable bonds is 4. The Morgan fingerprint density at radius 1 is 1.27 bits per heavy atom. The van der Waals surface area contributed by atoms with Crippen LogP contribution in [0.15, 0.2) is 54.2 Å². The molecule has 1 fully saturated rings. The van der Waals surface area contributed by atoms with Crippen LogP contribution < -0.4 is 0 Å². The lowest BCUT2D eigenvalue weighted by Crippen LogP contribution is -2.46. The fraction of sp³-hybridized carbons (Fsp3) is 0.300. The van der Waals surface area contributed by atoms with Crippen LogP contribution in [0.5, 0.6) is 0 Å². The molecule has 5 nitrogen and oxygen atoms in total. The van der Waals surface area contributed by atoms with Crippen LogP contribution in [-0.4, -0.2) is 45.8 Å². The van der Waals surface area contributed by atoms with Gasteiger partial charge in [-0.25, -0.2) is 0 Å². The van der Waals surface area contributed by atoms with E-state index in [0.717, 1.165) is 34.4 Å². The minimum Gasteiger partial charge on any atom is -0.395 e. The Labute approximate surface area is 156 Å². The van der Waals surface area contributed by atoms with Gasteiger partial charge in [0.2, 0.25) is 0 Å². The number of aromatic nitrogens is 2. The van der Waals surface area contributed by atoms with Crippen LogP contribution in [0.25, 0.3) is 10.4 Å². The minimum atomic E-state index is -0.241. The number of hydrogen-bond acceptors (Lipinski definition) is 4. The number of aromatic amines is 1. The molecule has 0 bridgehead atoms. The van der Waals surface area contributed by atoms with E-state index in [1.807, 2.05) is 40.7 Å². The Hall–Kier alpha value is -2.44. The number of carbonyl (C=O) groups is 1. The number of likely N-dealkylation sites (tertiary alicyclic amines) is 1. The van der Waals surface area contributed by atoms with Crippen LogP contribution in [-0.2, 0) is 5.41 Å². The van der Waals surface area contributed by atoms with Gasteiger partial charge < -0.3 is 10.0 Å². The van der Waals surface area contributed by atoms with Crippen molar-refractivity contribution in [2.45, 2.75) is 18.3 Å². The van der Waals surface area contributed by atoms with Crippen LogP contribution in [0.1, 0.15) is 28.8 Å². The normalized spacial score (nSPS) is 16.6. The second-order valence-corrected chi connectivity index (χ2v) is 7.69. The molecule has 1 amide bonds. The van der Waals surface area contributed by atoms with Crippen molar-refractivity contribution in [2.24, 2.45) is 0 Å². The van der Waals surface area contributed by atoms with Gasteiger partial charge in [0.05, 0.1) is 18.4 Å². The zero-order valence-electron chi connectivity index (χ0n) is 14.4.